The van der Waals surface area contributed by atoms with Crippen molar-refractivity contribution in [2.45, 2.75) is 13.8 Å². The zero-order valence-corrected chi connectivity index (χ0v) is 13.9. The Morgan fingerprint density at radius 2 is 1.95 bits per heavy atom. The van der Waals surface area contributed by atoms with E-state index in [1.807, 2.05) is 19.9 Å². The first-order valence-electron chi connectivity index (χ1n) is 6.87. The summed E-state index contributed by atoms with van der Waals surface area (Å²) in [5.41, 5.74) is 0.622. The summed E-state index contributed by atoms with van der Waals surface area (Å²) in [5, 5.41) is 9.50. The lowest BCUT2D eigenvalue weighted by molar-refractivity contribution is -0.124. The lowest BCUT2D eigenvalue weighted by atomic mass is 10.1. The minimum absolute atomic E-state index is 0.0210. The Morgan fingerprint density at radius 1 is 1.32 bits per heavy atom. The Kier molecular flexibility index (Phi) is 6.74. The van der Waals surface area contributed by atoms with Crippen LogP contribution in [-0.4, -0.2) is 38.1 Å². The van der Waals surface area contributed by atoms with Crippen molar-refractivity contribution in [2.75, 3.05) is 27.3 Å². The second kappa shape index (κ2) is 8.30. The zero-order chi connectivity index (χ0) is 16.7. The molecule has 1 aromatic rings. The topological polar surface area (TPSA) is 62.6 Å². The van der Waals surface area contributed by atoms with Gasteiger partial charge in [-0.2, -0.15) is 5.26 Å². The van der Waals surface area contributed by atoms with Gasteiger partial charge in [0.1, 0.15) is 11.6 Å². The maximum absolute atomic E-state index is 11.9. The number of carbonyl (C=O) groups is 1. The third-order valence-electron chi connectivity index (χ3n) is 2.69. The summed E-state index contributed by atoms with van der Waals surface area (Å²) in [7, 11) is 3.18. The quantitative estimate of drug-likeness (QED) is 0.596. The predicted molar refractivity (Wildman–Crippen MR) is 86.1 cm³/mol. The molecular formula is C16H19ClN2O3. The summed E-state index contributed by atoms with van der Waals surface area (Å²) in [6, 6.07) is 5.23. The van der Waals surface area contributed by atoms with Crippen LogP contribution >= 0.6 is 11.6 Å². The van der Waals surface area contributed by atoms with Gasteiger partial charge >= 0.3 is 0 Å². The first-order valence-corrected chi connectivity index (χ1v) is 7.24. The molecule has 0 atom stereocenters. The molecule has 0 aliphatic rings. The molecule has 1 amide bonds. The van der Waals surface area contributed by atoms with Gasteiger partial charge in [0.2, 0.25) is 0 Å². The van der Waals surface area contributed by atoms with Crippen molar-refractivity contribution in [3.8, 4) is 17.6 Å². The Bertz CT molecular complexity index is 619. The van der Waals surface area contributed by atoms with E-state index < -0.39 is 0 Å². The van der Waals surface area contributed by atoms with Gasteiger partial charge in [-0.3, -0.25) is 4.79 Å². The van der Waals surface area contributed by atoms with Crippen LogP contribution in [0.5, 0.6) is 11.5 Å². The minimum Gasteiger partial charge on any atom is -0.490 e. The van der Waals surface area contributed by atoms with Gasteiger partial charge in [-0.15, -0.1) is 0 Å². The Balaban J connectivity index is 3.31. The van der Waals surface area contributed by atoms with E-state index >= 15 is 0 Å². The van der Waals surface area contributed by atoms with Crippen LogP contribution in [0.3, 0.4) is 0 Å². The highest BCUT2D eigenvalue weighted by atomic mass is 35.5. The van der Waals surface area contributed by atoms with Crippen molar-refractivity contribution >= 4 is 23.6 Å². The Hall–Kier alpha value is -2.19. The van der Waals surface area contributed by atoms with E-state index in [0.717, 1.165) is 0 Å². The maximum atomic E-state index is 11.9. The molecule has 0 bridgehead atoms. The molecule has 0 unspecified atom stereocenters. The number of amides is 1. The molecule has 0 fully saturated rings. The highest BCUT2D eigenvalue weighted by Crippen LogP contribution is 2.37. The van der Waals surface area contributed by atoms with Crippen LogP contribution in [0.1, 0.15) is 19.4 Å². The van der Waals surface area contributed by atoms with Crippen LogP contribution in [0, 0.1) is 11.3 Å². The number of hydrogen-bond donors (Lipinski definition) is 0. The summed E-state index contributed by atoms with van der Waals surface area (Å²) in [4.78, 5) is 13.2. The molecule has 22 heavy (non-hydrogen) atoms. The minimum atomic E-state index is -0.370. The number of likely N-dealkylation sites (N-methyl/N-ethyl adjacent to an activating group) is 1. The first kappa shape index (κ1) is 17.9. The normalized spacial score (nSPS) is 10.8. The standard InChI is InChI=1S/C16H19ClN2O3/c1-5-21-14-9-11(8-13(17)15(14)22-6-2)7-12(10-18)16(20)19(3)4/h7-9H,5-6H2,1-4H3/b12-7-. The molecule has 0 aliphatic heterocycles. The van der Waals surface area contributed by atoms with Gasteiger partial charge in [0, 0.05) is 14.1 Å². The van der Waals surface area contributed by atoms with Gasteiger partial charge in [0.05, 0.1) is 18.2 Å². The smallest absolute Gasteiger partial charge is 0.264 e. The molecule has 6 heteroatoms. The number of benzene rings is 1. The molecular weight excluding hydrogens is 304 g/mol. The number of nitrogens with zero attached hydrogens (tertiary/aromatic N) is 2. The lowest BCUT2D eigenvalue weighted by Crippen LogP contribution is -2.22. The van der Waals surface area contributed by atoms with Crippen molar-refractivity contribution < 1.29 is 14.3 Å². The third kappa shape index (κ3) is 4.40. The van der Waals surface area contributed by atoms with Gasteiger partial charge in [-0.05, 0) is 37.6 Å². The van der Waals surface area contributed by atoms with Crippen LogP contribution in [0.25, 0.3) is 6.08 Å². The van der Waals surface area contributed by atoms with Crippen LogP contribution in [0.2, 0.25) is 5.02 Å². The molecule has 0 heterocycles. The molecule has 0 saturated carbocycles. The predicted octanol–water partition coefficient (Wildman–Crippen LogP) is 3.13. The van der Waals surface area contributed by atoms with Crippen molar-refractivity contribution in [3.63, 3.8) is 0 Å². The largest absolute Gasteiger partial charge is 0.490 e. The van der Waals surface area contributed by atoms with Crippen molar-refractivity contribution in [1.82, 2.24) is 4.90 Å². The number of halogens is 1. The monoisotopic (exact) mass is 322 g/mol. The van der Waals surface area contributed by atoms with E-state index in [1.54, 1.807) is 26.2 Å². The molecule has 0 aliphatic carbocycles. The average molecular weight is 323 g/mol. The first-order chi connectivity index (χ1) is 10.4. The number of ether oxygens (including phenoxy) is 2. The molecule has 0 spiro atoms. The fourth-order valence-corrected chi connectivity index (χ4v) is 2.04. The molecule has 1 rings (SSSR count). The molecule has 118 valence electrons. The van der Waals surface area contributed by atoms with Gasteiger partial charge in [-0.25, -0.2) is 0 Å². The van der Waals surface area contributed by atoms with Gasteiger partial charge < -0.3 is 14.4 Å². The zero-order valence-electron chi connectivity index (χ0n) is 13.1. The summed E-state index contributed by atoms with van der Waals surface area (Å²) in [5.74, 6) is 0.573. The Labute approximate surface area is 135 Å². The van der Waals surface area contributed by atoms with E-state index in [2.05, 4.69) is 0 Å². The van der Waals surface area contributed by atoms with Crippen molar-refractivity contribution in [3.05, 3.63) is 28.3 Å². The molecule has 0 saturated heterocycles. The summed E-state index contributed by atoms with van der Waals surface area (Å²) in [6.07, 6.45) is 1.48. The fraction of sp³-hybridized carbons (Fsp3) is 0.375. The van der Waals surface area contributed by atoms with Gasteiger partial charge in [-0.1, -0.05) is 11.6 Å². The number of rotatable bonds is 6. The molecule has 0 aromatic heterocycles. The SMILES string of the molecule is CCOc1cc(/C=C(/C#N)C(=O)N(C)C)cc(Cl)c1OCC. The lowest BCUT2D eigenvalue weighted by Gasteiger charge is -2.14. The second-order valence-corrected chi connectivity index (χ2v) is 4.97. The average Bonchev–Trinajstić information content (AvgIpc) is 2.47. The van der Waals surface area contributed by atoms with E-state index in [-0.39, 0.29) is 11.5 Å². The van der Waals surface area contributed by atoms with E-state index in [1.165, 1.54) is 11.0 Å². The number of nitriles is 1. The number of hydrogen-bond acceptors (Lipinski definition) is 4. The van der Waals surface area contributed by atoms with Crippen molar-refractivity contribution in [1.29, 1.82) is 5.26 Å². The van der Waals surface area contributed by atoms with Crippen molar-refractivity contribution in [2.24, 2.45) is 0 Å². The molecule has 1 aromatic carbocycles. The molecule has 5 nitrogen and oxygen atoms in total. The fourth-order valence-electron chi connectivity index (χ4n) is 1.77. The highest BCUT2D eigenvalue weighted by Gasteiger charge is 2.14. The summed E-state index contributed by atoms with van der Waals surface area (Å²) < 4.78 is 11.0. The summed E-state index contributed by atoms with van der Waals surface area (Å²) >= 11 is 6.21. The van der Waals surface area contributed by atoms with Gasteiger partial charge in [0.15, 0.2) is 11.5 Å². The third-order valence-corrected chi connectivity index (χ3v) is 2.97. The number of carbonyl (C=O) groups excluding carboxylic acids is 1. The van der Waals surface area contributed by atoms with E-state index in [9.17, 15) is 4.79 Å². The second-order valence-electron chi connectivity index (χ2n) is 4.57. The van der Waals surface area contributed by atoms with Crippen LogP contribution < -0.4 is 9.47 Å². The van der Waals surface area contributed by atoms with Crippen LogP contribution in [0.4, 0.5) is 0 Å². The molecule has 0 N–H and O–H groups in total. The van der Waals surface area contributed by atoms with E-state index in [0.29, 0.717) is 35.3 Å². The van der Waals surface area contributed by atoms with E-state index in [4.69, 9.17) is 26.3 Å². The van der Waals surface area contributed by atoms with Crippen LogP contribution in [-0.2, 0) is 4.79 Å². The summed E-state index contributed by atoms with van der Waals surface area (Å²) in [6.45, 7) is 4.61. The Morgan fingerprint density at radius 3 is 2.45 bits per heavy atom. The van der Waals surface area contributed by atoms with Gasteiger partial charge in [0.25, 0.3) is 5.91 Å². The maximum Gasteiger partial charge on any atom is 0.264 e. The highest BCUT2D eigenvalue weighted by molar-refractivity contribution is 6.32. The van der Waals surface area contributed by atoms with Crippen LogP contribution in [0.15, 0.2) is 17.7 Å². The molecule has 0 radical (unpaired) electrons.